The van der Waals surface area contributed by atoms with E-state index in [1.807, 2.05) is 11.6 Å². The van der Waals surface area contributed by atoms with Gasteiger partial charge in [-0.3, -0.25) is 0 Å². The van der Waals surface area contributed by atoms with Crippen LogP contribution >= 0.6 is 0 Å². The van der Waals surface area contributed by atoms with Crippen LogP contribution in [0.3, 0.4) is 0 Å². The maximum absolute atomic E-state index is 13.1. The minimum Gasteiger partial charge on any atom is -0.308 e. The first kappa shape index (κ1) is 13.7. The Balaban J connectivity index is 2.12. The van der Waals surface area contributed by atoms with Gasteiger partial charge in [-0.15, -0.1) is 0 Å². The molecule has 102 valence electrons. The first-order valence-electron chi connectivity index (χ1n) is 6.41. The molecule has 0 radical (unpaired) electrons. The van der Waals surface area contributed by atoms with Crippen molar-refractivity contribution in [1.29, 1.82) is 0 Å². The molecule has 4 nitrogen and oxygen atoms in total. The van der Waals surface area contributed by atoms with E-state index in [1.54, 1.807) is 12.4 Å². The molecular formula is C14H19FN4. The van der Waals surface area contributed by atoms with Gasteiger partial charge in [0.15, 0.2) is 0 Å². The van der Waals surface area contributed by atoms with Crippen LogP contribution in [0.25, 0.3) is 0 Å². The fourth-order valence-corrected chi connectivity index (χ4v) is 1.85. The number of nitrogens with zero attached hydrogens (tertiary/aromatic N) is 3. The summed E-state index contributed by atoms with van der Waals surface area (Å²) in [4.78, 5) is 4.25. The Hall–Kier alpha value is -1.75. The molecule has 0 bridgehead atoms. The number of halogens is 1. The van der Waals surface area contributed by atoms with E-state index in [-0.39, 0.29) is 5.82 Å². The summed E-state index contributed by atoms with van der Waals surface area (Å²) in [7, 11) is 0. The number of aryl methyl sites for hydroxylation is 1. The molecule has 0 spiro atoms. The Labute approximate surface area is 112 Å². The lowest BCUT2D eigenvalue weighted by atomic mass is 10.1. The fourth-order valence-electron chi connectivity index (χ4n) is 1.85. The summed E-state index contributed by atoms with van der Waals surface area (Å²) in [6.45, 7) is 7.37. The smallest absolute Gasteiger partial charge is 0.141 e. The Morgan fingerprint density at radius 1 is 1.37 bits per heavy atom. The summed E-state index contributed by atoms with van der Waals surface area (Å²) < 4.78 is 14.9. The van der Waals surface area contributed by atoms with Gasteiger partial charge in [-0.2, -0.15) is 5.10 Å². The molecule has 1 aromatic heterocycles. The van der Waals surface area contributed by atoms with E-state index in [0.29, 0.717) is 19.1 Å². The lowest BCUT2D eigenvalue weighted by molar-refractivity contribution is 0.538. The number of benzene rings is 1. The summed E-state index contributed by atoms with van der Waals surface area (Å²) in [6, 6.07) is 5.22. The van der Waals surface area contributed by atoms with Crippen molar-refractivity contribution in [2.45, 2.75) is 39.9 Å². The highest BCUT2D eigenvalue weighted by molar-refractivity contribution is 5.26. The first-order valence-corrected chi connectivity index (χ1v) is 6.41. The molecule has 0 fully saturated rings. The van der Waals surface area contributed by atoms with Crippen molar-refractivity contribution in [3.05, 3.63) is 47.3 Å². The summed E-state index contributed by atoms with van der Waals surface area (Å²) in [5, 5.41) is 7.54. The standard InChI is InChI=1S/C14H19FN4/c1-10(2)16-7-14-17-9-18-19(14)8-12-4-5-13(15)6-11(12)3/h4-6,9-10,16H,7-8H2,1-3H3. The fraction of sp³-hybridized carbons (Fsp3) is 0.429. The van der Waals surface area contributed by atoms with Gasteiger partial charge in [0.25, 0.3) is 0 Å². The van der Waals surface area contributed by atoms with Gasteiger partial charge in [0, 0.05) is 6.04 Å². The number of aromatic nitrogens is 3. The zero-order valence-corrected chi connectivity index (χ0v) is 11.5. The topological polar surface area (TPSA) is 42.7 Å². The molecule has 2 rings (SSSR count). The molecule has 1 N–H and O–H groups in total. The molecule has 0 saturated heterocycles. The molecule has 19 heavy (non-hydrogen) atoms. The van der Waals surface area contributed by atoms with Crippen LogP contribution in [0.2, 0.25) is 0 Å². The molecule has 0 amide bonds. The summed E-state index contributed by atoms with van der Waals surface area (Å²) >= 11 is 0. The third-order valence-electron chi connectivity index (χ3n) is 2.99. The molecule has 1 aromatic carbocycles. The normalized spacial score (nSPS) is 11.2. The second kappa shape index (κ2) is 5.93. The maximum Gasteiger partial charge on any atom is 0.141 e. The molecule has 2 aromatic rings. The van der Waals surface area contributed by atoms with Crippen molar-refractivity contribution in [1.82, 2.24) is 20.1 Å². The number of hydrogen-bond donors (Lipinski definition) is 1. The molecule has 0 aliphatic heterocycles. The van der Waals surface area contributed by atoms with Crippen LogP contribution in [-0.4, -0.2) is 20.8 Å². The molecule has 0 atom stereocenters. The lowest BCUT2D eigenvalue weighted by Crippen LogP contribution is -2.24. The van der Waals surface area contributed by atoms with E-state index in [2.05, 4.69) is 29.2 Å². The minimum absolute atomic E-state index is 0.207. The van der Waals surface area contributed by atoms with Crippen molar-refractivity contribution >= 4 is 0 Å². The van der Waals surface area contributed by atoms with Crippen LogP contribution in [0.1, 0.15) is 30.8 Å². The van der Waals surface area contributed by atoms with Crippen LogP contribution in [0.15, 0.2) is 24.5 Å². The summed E-state index contributed by atoms with van der Waals surface area (Å²) in [5.41, 5.74) is 1.98. The van der Waals surface area contributed by atoms with Gasteiger partial charge in [0.2, 0.25) is 0 Å². The third kappa shape index (κ3) is 3.61. The monoisotopic (exact) mass is 262 g/mol. The number of nitrogens with one attached hydrogen (secondary N) is 1. The van der Waals surface area contributed by atoms with Crippen LogP contribution in [0.4, 0.5) is 4.39 Å². The summed E-state index contributed by atoms with van der Waals surface area (Å²) in [6.07, 6.45) is 1.55. The predicted octanol–water partition coefficient (Wildman–Crippen LogP) is 2.27. The van der Waals surface area contributed by atoms with Crippen molar-refractivity contribution in [2.75, 3.05) is 0 Å². The van der Waals surface area contributed by atoms with Gasteiger partial charge in [-0.05, 0) is 30.2 Å². The van der Waals surface area contributed by atoms with Gasteiger partial charge in [-0.25, -0.2) is 14.1 Å². The number of rotatable bonds is 5. The zero-order chi connectivity index (χ0) is 13.8. The van der Waals surface area contributed by atoms with Crippen LogP contribution in [0.5, 0.6) is 0 Å². The van der Waals surface area contributed by atoms with Crippen molar-refractivity contribution in [2.24, 2.45) is 0 Å². The van der Waals surface area contributed by atoms with Gasteiger partial charge in [0.05, 0.1) is 13.1 Å². The van der Waals surface area contributed by atoms with E-state index in [0.717, 1.165) is 17.0 Å². The highest BCUT2D eigenvalue weighted by atomic mass is 19.1. The van der Waals surface area contributed by atoms with Gasteiger partial charge < -0.3 is 5.32 Å². The SMILES string of the molecule is Cc1cc(F)ccc1Cn1ncnc1CNC(C)C. The molecular weight excluding hydrogens is 243 g/mol. The van der Waals surface area contributed by atoms with Gasteiger partial charge >= 0.3 is 0 Å². The van der Waals surface area contributed by atoms with Gasteiger partial charge in [-0.1, -0.05) is 19.9 Å². The van der Waals surface area contributed by atoms with Crippen LogP contribution in [-0.2, 0) is 13.1 Å². The predicted molar refractivity (Wildman–Crippen MR) is 72.2 cm³/mol. The number of hydrogen-bond acceptors (Lipinski definition) is 3. The Morgan fingerprint density at radius 2 is 2.16 bits per heavy atom. The van der Waals surface area contributed by atoms with E-state index in [1.165, 1.54) is 12.1 Å². The second-order valence-electron chi connectivity index (χ2n) is 4.94. The van der Waals surface area contributed by atoms with Crippen LogP contribution in [0, 0.1) is 12.7 Å². The van der Waals surface area contributed by atoms with E-state index in [9.17, 15) is 4.39 Å². The van der Waals surface area contributed by atoms with E-state index >= 15 is 0 Å². The van der Waals surface area contributed by atoms with Gasteiger partial charge in [0.1, 0.15) is 18.0 Å². The second-order valence-corrected chi connectivity index (χ2v) is 4.94. The zero-order valence-electron chi connectivity index (χ0n) is 11.5. The quantitative estimate of drug-likeness (QED) is 0.899. The van der Waals surface area contributed by atoms with Crippen molar-refractivity contribution in [3.8, 4) is 0 Å². The molecule has 0 aliphatic rings. The highest BCUT2D eigenvalue weighted by Crippen LogP contribution is 2.12. The molecule has 5 heteroatoms. The molecule has 0 aliphatic carbocycles. The largest absolute Gasteiger partial charge is 0.308 e. The maximum atomic E-state index is 13.1. The van der Waals surface area contributed by atoms with Crippen molar-refractivity contribution in [3.63, 3.8) is 0 Å². The molecule has 0 saturated carbocycles. The Bertz CT molecular complexity index is 548. The van der Waals surface area contributed by atoms with E-state index in [4.69, 9.17) is 0 Å². The average molecular weight is 262 g/mol. The first-order chi connectivity index (χ1) is 9.06. The van der Waals surface area contributed by atoms with E-state index < -0.39 is 0 Å². The Kier molecular flexibility index (Phi) is 4.27. The molecule has 1 heterocycles. The minimum atomic E-state index is -0.207. The highest BCUT2D eigenvalue weighted by Gasteiger charge is 2.07. The van der Waals surface area contributed by atoms with Crippen LogP contribution < -0.4 is 5.32 Å². The third-order valence-corrected chi connectivity index (χ3v) is 2.99. The summed E-state index contributed by atoms with van der Waals surface area (Å²) in [5.74, 6) is 0.680. The average Bonchev–Trinajstić information content (AvgIpc) is 2.77. The van der Waals surface area contributed by atoms with Crippen molar-refractivity contribution < 1.29 is 4.39 Å². The Morgan fingerprint density at radius 3 is 2.84 bits per heavy atom. The lowest BCUT2D eigenvalue weighted by Gasteiger charge is -2.11. The molecule has 0 unspecified atom stereocenters.